The molecule has 1 amide bonds. The van der Waals surface area contributed by atoms with Crippen LogP contribution in [0.25, 0.3) is 5.69 Å². The van der Waals surface area contributed by atoms with Gasteiger partial charge in [-0.15, -0.1) is 0 Å². The summed E-state index contributed by atoms with van der Waals surface area (Å²) in [6.07, 6.45) is 0.806. The minimum absolute atomic E-state index is 0.157. The van der Waals surface area contributed by atoms with E-state index in [9.17, 15) is 9.90 Å². The number of benzene rings is 1. The molecule has 0 atom stereocenters. The molecule has 0 fully saturated rings. The number of aromatic nitrogens is 3. The third-order valence-corrected chi connectivity index (χ3v) is 5.50. The van der Waals surface area contributed by atoms with Crippen LogP contribution >= 0.6 is 23.4 Å². The van der Waals surface area contributed by atoms with Gasteiger partial charge in [-0.1, -0.05) is 56.3 Å². The van der Waals surface area contributed by atoms with Gasteiger partial charge in [0.1, 0.15) is 5.03 Å². The minimum Gasteiger partial charge on any atom is -0.465 e. The maximum Gasteiger partial charge on any atom is 0.407 e. The molecular formula is C22H25ClN4O2S. The number of nitrogens with zero attached hydrogens (tertiary/aromatic N) is 4. The molecule has 0 saturated heterocycles. The van der Waals surface area contributed by atoms with Crippen LogP contribution in [0.3, 0.4) is 0 Å². The van der Waals surface area contributed by atoms with Gasteiger partial charge in [0.25, 0.3) is 0 Å². The first kappa shape index (κ1) is 22.2. The first-order valence-corrected chi connectivity index (χ1v) is 10.7. The minimum atomic E-state index is -0.962. The number of amides is 1. The van der Waals surface area contributed by atoms with Crippen molar-refractivity contribution in [3.63, 3.8) is 0 Å². The van der Waals surface area contributed by atoms with Crippen LogP contribution in [0.2, 0.25) is 5.02 Å². The highest BCUT2D eigenvalue weighted by Crippen LogP contribution is 2.32. The van der Waals surface area contributed by atoms with Gasteiger partial charge in [-0.3, -0.25) is 4.98 Å². The number of aryl methyl sites for hydroxylation is 1. The number of rotatable bonds is 6. The number of carboxylic acid groups (broad SMARTS) is 1. The average Bonchev–Trinajstić information content (AvgIpc) is 3.02. The van der Waals surface area contributed by atoms with Crippen LogP contribution in [0.5, 0.6) is 0 Å². The second-order valence-electron chi connectivity index (χ2n) is 8.27. The molecule has 0 aliphatic heterocycles. The fraction of sp³-hybridized carbons (Fsp3) is 0.318. The Morgan fingerprint density at radius 3 is 2.60 bits per heavy atom. The van der Waals surface area contributed by atoms with Gasteiger partial charge in [0.05, 0.1) is 22.9 Å². The van der Waals surface area contributed by atoms with E-state index in [1.165, 1.54) is 16.7 Å². The van der Waals surface area contributed by atoms with Gasteiger partial charge in [0.2, 0.25) is 0 Å². The molecule has 0 saturated carbocycles. The Morgan fingerprint density at radius 2 is 1.97 bits per heavy atom. The van der Waals surface area contributed by atoms with E-state index in [1.807, 2.05) is 70.2 Å². The monoisotopic (exact) mass is 444 g/mol. The zero-order valence-electron chi connectivity index (χ0n) is 17.5. The van der Waals surface area contributed by atoms with E-state index >= 15 is 0 Å². The van der Waals surface area contributed by atoms with Crippen LogP contribution in [-0.2, 0) is 6.54 Å². The smallest absolute Gasteiger partial charge is 0.407 e. The van der Waals surface area contributed by atoms with Crippen LogP contribution in [-0.4, -0.2) is 37.4 Å². The lowest BCUT2D eigenvalue weighted by molar-refractivity contribution is 0.122. The first-order valence-electron chi connectivity index (χ1n) is 9.54. The molecule has 0 unspecified atom stereocenters. The maximum atomic E-state index is 11.8. The molecule has 1 N–H and O–H groups in total. The van der Waals surface area contributed by atoms with Gasteiger partial charge < -0.3 is 10.0 Å². The van der Waals surface area contributed by atoms with E-state index in [0.717, 1.165) is 21.3 Å². The summed E-state index contributed by atoms with van der Waals surface area (Å²) in [7, 11) is 0. The summed E-state index contributed by atoms with van der Waals surface area (Å²) in [4.78, 5) is 18.4. The maximum absolute atomic E-state index is 11.8. The lowest BCUT2D eigenvalue weighted by atomic mass is 9.96. The molecule has 3 aromatic rings. The Balaban J connectivity index is 1.99. The Kier molecular flexibility index (Phi) is 6.73. The van der Waals surface area contributed by atoms with Gasteiger partial charge in [0, 0.05) is 23.3 Å². The van der Waals surface area contributed by atoms with Crippen molar-refractivity contribution < 1.29 is 9.90 Å². The van der Waals surface area contributed by atoms with E-state index in [4.69, 9.17) is 16.7 Å². The highest BCUT2D eigenvalue weighted by molar-refractivity contribution is 7.99. The molecule has 2 aromatic heterocycles. The van der Waals surface area contributed by atoms with Gasteiger partial charge in [-0.25, -0.2) is 9.48 Å². The summed E-state index contributed by atoms with van der Waals surface area (Å²) < 4.78 is 1.77. The average molecular weight is 445 g/mol. The number of hydrogen-bond acceptors (Lipinski definition) is 4. The fourth-order valence-corrected chi connectivity index (χ4v) is 4.26. The molecule has 8 heteroatoms. The van der Waals surface area contributed by atoms with E-state index in [0.29, 0.717) is 17.3 Å². The predicted octanol–water partition coefficient (Wildman–Crippen LogP) is 5.91. The van der Waals surface area contributed by atoms with Crippen molar-refractivity contribution in [1.29, 1.82) is 0 Å². The highest BCUT2D eigenvalue weighted by atomic mass is 35.5. The van der Waals surface area contributed by atoms with Crippen molar-refractivity contribution in [3.05, 3.63) is 65.1 Å². The van der Waals surface area contributed by atoms with Crippen molar-refractivity contribution in [2.24, 2.45) is 5.41 Å². The Hall–Kier alpha value is -2.51. The van der Waals surface area contributed by atoms with Crippen LogP contribution in [0.4, 0.5) is 4.79 Å². The summed E-state index contributed by atoms with van der Waals surface area (Å²) in [6, 6.07) is 13.3. The van der Waals surface area contributed by atoms with Gasteiger partial charge in [-0.05, 0) is 42.7 Å². The molecule has 158 valence electrons. The van der Waals surface area contributed by atoms with E-state index < -0.39 is 6.09 Å². The summed E-state index contributed by atoms with van der Waals surface area (Å²) >= 11 is 7.96. The zero-order chi connectivity index (χ0) is 21.9. The quantitative estimate of drug-likeness (QED) is 0.512. The number of para-hydroxylation sites is 1. The predicted molar refractivity (Wildman–Crippen MR) is 120 cm³/mol. The van der Waals surface area contributed by atoms with E-state index in [1.54, 1.807) is 10.9 Å². The third kappa shape index (κ3) is 5.77. The van der Waals surface area contributed by atoms with Gasteiger partial charge >= 0.3 is 6.09 Å². The van der Waals surface area contributed by atoms with Crippen LogP contribution in [0, 0.1) is 12.3 Å². The molecular weight excluding hydrogens is 420 g/mol. The molecule has 0 aliphatic rings. The molecule has 0 spiro atoms. The number of hydrogen-bond donors (Lipinski definition) is 1. The fourth-order valence-electron chi connectivity index (χ4n) is 3.02. The summed E-state index contributed by atoms with van der Waals surface area (Å²) in [5.41, 5.74) is 2.17. The lowest BCUT2D eigenvalue weighted by Crippen LogP contribution is -2.36. The van der Waals surface area contributed by atoms with Crippen LogP contribution in [0.15, 0.2) is 58.6 Å². The Morgan fingerprint density at radius 1 is 1.23 bits per heavy atom. The van der Waals surface area contributed by atoms with Crippen molar-refractivity contribution in [3.8, 4) is 5.69 Å². The standard InChI is InChI=1S/C22H25ClN4O2S/c1-15-11-17(9-10-24-15)30-20-12-16(13-26(21(28)29)14-22(2,3)4)25-27(20)19-8-6-5-7-18(19)23/h5-12H,13-14H2,1-4H3,(H,28,29). The SMILES string of the molecule is Cc1cc(Sc2cc(CN(CC(C)(C)C)C(=O)O)nn2-c2ccccc2Cl)ccn1. The second-order valence-corrected chi connectivity index (χ2v) is 9.77. The Labute approximate surface area is 185 Å². The van der Waals surface area contributed by atoms with Gasteiger partial charge in [-0.2, -0.15) is 5.10 Å². The van der Waals surface area contributed by atoms with E-state index in [2.05, 4.69) is 4.98 Å². The Bertz CT molecular complexity index is 1050. The highest BCUT2D eigenvalue weighted by Gasteiger charge is 2.23. The lowest BCUT2D eigenvalue weighted by Gasteiger charge is -2.27. The molecule has 1 aromatic carbocycles. The van der Waals surface area contributed by atoms with Crippen molar-refractivity contribution in [2.75, 3.05) is 6.54 Å². The normalized spacial score (nSPS) is 11.5. The van der Waals surface area contributed by atoms with Crippen molar-refractivity contribution >= 4 is 29.5 Å². The number of carbonyl (C=O) groups is 1. The molecule has 6 nitrogen and oxygen atoms in total. The second kappa shape index (κ2) is 9.10. The largest absolute Gasteiger partial charge is 0.465 e. The molecule has 0 aliphatic carbocycles. The molecule has 0 bridgehead atoms. The van der Waals surface area contributed by atoms with Crippen molar-refractivity contribution in [1.82, 2.24) is 19.7 Å². The molecule has 0 radical (unpaired) electrons. The van der Waals surface area contributed by atoms with Crippen molar-refractivity contribution in [2.45, 2.75) is 44.2 Å². The summed E-state index contributed by atoms with van der Waals surface area (Å²) in [5.74, 6) is 0. The summed E-state index contributed by atoms with van der Waals surface area (Å²) in [5, 5.41) is 15.8. The van der Waals surface area contributed by atoms with Crippen LogP contribution < -0.4 is 0 Å². The molecule has 3 rings (SSSR count). The number of pyridine rings is 1. The number of halogens is 1. The third-order valence-electron chi connectivity index (χ3n) is 4.19. The summed E-state index contributed by atoms with van der Waals surface area (Å²) in [6.45, 7) is 8.59. The van der Waals surface area contributed by atoms with Gasteiger partial charge in [0.15, 0.2) is 0 Å². The zero-order valence-corrected chi connectivity index (χ0v) is 19.0. The van der Waals surface area contributed by atoms with E-state index in [-0.39, 0.29) is 12.0 Å². The molecule has 30 heavy (non-hydrogen) atoms. The topological polar surface area (TPSA) is 71.2 Å². The van der Waals surface area contributed by atoms with Crippen LogP contribution in [0.1, 0.15) is 32.2 Å². The molecule has 2 heterocycles. The first-order chi connectivity index (χ1) is 14.1.